The molecule has 2 saturated heterocycles. The van der Waals surface area contributed by atoms with Gasteiger partial charge in [0.25, 0.3) is 11.1 Å². The Kier molecular flexibility index (Phi) is 4.96. The third-order valence-electron chi connectivity index (χ3n) is 3.87. The number of sulfone groups is 1. The molecule has 3 rings (SSSR count). The van der Waals surface area contributed by atoms with Gasteiger partial charge in [-0.1, -0.05) is 30.3 Å². The normalized spacial score (nSPS) is 24.1. The Hall–Kier alpha value is -2.13. The van der Waals surface area contributed by atoms with Crippen molar-refractivity contribution in [1.29, 1.82) is 0 Å². The molecule has 132 valence electrons. The number of nitrogens with zero attached hydrogens (tertiary/aromatic N) is 1. The predicted octanol–water partition coefficient (Wildman–Crippen LogP) is 1.03. The van der Waals surface area contributed by atoms with Crippen molar-refractivity contribution >= 4 is 44.7 Å². The number of carbonyl (C=O) groups excluding carboxylic acids is 3. The number of benzene rings is 1. The summed E-state index contributed by atoms with van der Waals surface area (Å²) in [6, 6.07) is 8.63. The Morgan fingerprint density at radius 1 is 1.28 bits per heavy atom. The van der Waals surface area contributed by atoms with E-state index in [1.807, 2.05) is 18.2 Å². The summed E-state index contributed by atoms with van der Waals surface area (Å²) in [6.07, 6.45) is 1.95. The largest absolute Gasteiger partial charge is 0.351 e. The van der Waals surface area contributed by atoms with Crippen LogP contribution < -0.4 is 5.32 Å². The van der Waals surface area contributed by atoms with E-state index in [1.165, 1.54) is 0 Å². The van der Waals surface area contributed by atoms with Crippen molar-refractivity contribution in [2.75, 3.05) is 18.1 Å². The first kappa shape index (κ1) is 17.7. The van der Waals surface area contributed by atoms with Crippen LogP contribution in [0.5, 0.6) is 0 Å². The summed E-state index contributed by atoms with van der Waals surface area (Å²) in [5.74, 6) is -1.12. The number of rotatable bonds is 4. The fourth-order valence-corrected chi connectivity index (χ4v) is 5.17. The number of hydrogen-bond acceptors (Lipinski definition) is 6. The zero-order valence-electron chi connectivity index (χ0n) is 13.2. The van der Waals surface area contributed by atoms with Crippen LogP contribution >= 0.6 is 11.8 Å². The van der Waals surface area contributed by atoms with E-state index in [1.54, 1.807) is 18.2 Å². The number of amides is 3. The Morgan fingerprint density at radius 2 is 2.00 bits per heavy atom. The lowest BCUT2D eigenvalue weighted by Crippen LogP contribution is -2.43. The molecule has 7 nitrogen and oxygen atoms in total. The maximum atomic E-state index is 12.3. The molecule has 0 aromatic heterocycles. The van der Waals surface area contributed by atoms with Gasteiger partial charge in [0.1, 0.15) is 6.54 Å². The Balaban J connectivity index is 1.63. The Bertz CT molecular complexity index is 849. The summed E-state index contributed by atoms with van der Waals surface area (Å²) in [7, 11) is -3.11. The van der Waals surface area contributed by atoms with E-state index in [0.29, 0.717) is 6.42 Å². The highest BCUT2D eigenvalue weighted by atomic mass is 32.2. The molecule has 0 radical (unpaired) electrons. The van der Waals surface area contributed by atoms with Crippen molar-refractivity contribution in [3.05, 3.63) is 40.8 Å². The van der Waals surface area contributed by atoms with E-state index in [-0.39, 0.29) is 16.4 Å². The van der Waals surface area contributed by atoms with Crippen molar-refractivity contribution in [3.8, 4) is 0 Å². The third kappa shape index (κ3) is 4.29. The summed E-state index contributed by atoms with van der Waals surface area (Å²) in [5.41, 5.74) is 0.786. The molecule has 0 unspecified atom stereocenters. The van der Waals surface area contributed by atoms with Crippen molar-refractivity contribution in [3.63, 3.8) is 0 Å². The molecule has 2 fully saturated rings. The lowest BCUT2D eigenvalue weighted by molar-refractivity contribution is -0.129. The molecule has 1 aromatic carbocycles. The molecular formula is C16H16N2O5S2. The van der Waals surface area contributed by atoms with Crippen LogP contribution in [0.1, 0.15) is 12.0 Å². The van der Waals surface area contributed by atoms with Crippen LogP contribution in [0, 0.1) is 0 Å². The van der Waals surface area contributed by atoms with Crippen molar-refractivity contribution in [1.82, 2.24) is 10.2 Å². The van der Waals surface area contributed by atoms with Gasteiger partial charge >= 0.3 is 0 Å². The minimum absolute atomic E-state index is 0.0410. The third-order valence-corrected chi connectivity index (χ3v) is 6.55. The van der Waals surface area contributed by atoms with Gasteiger partial charge in [-0.2, -0.15) is 0 Å². The zero-order chi connectivity index (χ0) is 18.0. The molecule has 0 aliphatic carbocycles. The molecule has 9 heteroatoms. The molecule has 0 bridgehead atoms. The van der Waals surface area contributed by atoms with E-state index >= 15 is 0 Å². The van der Waals surface area contributed by atoms with Gasteiger partial charge < -0.3 is 5.32 Å². The molecule has 2 aliphatic heterocycles. The second-order valence-electron chi connectivity index (χ2n) is 5.85. The monoisotopic (exact) mass is 380 g/mol. The first-order valence-corrected chi connectivity index (χ1v) is 10.3. The highest BCUT2D eigenvalue weighted by Gasteiger charge is 2.37. The summed E-state index contributed by atoms with van der Waals surface area (Å²) in [4.78, 5) is 37.5. The number of carbonyl (C=O) groups is 3. The standard InChI is InChI=1S/C16H16N2O5S2/c19-14(17-12-6-7-25(22,23)10-12)9-18-15(20)13(24-16(18)21)8-11-4-2-1-3-5-11/h1-5,8,12H,6-7,9-10H2,(H,17,19)/b13-8+/t12-/m0/s1. The van der Waals surface area contributed by atoms with Crippen LogP contribution in [-0.2, 0) is 19.4 Å². The van der Waals surface area contributed by atoms with Crippen molar-refractivity contribution < 1.29 is 22.8 Å². The fraction of sp³-hybridized carbons (Fsp3) is 0.312. The topological polar surface area (TPSA) is 101 Å². The molecule has 1 atom stereocenters. The Labute approximate surface area is 149 Å². The van der Waals surface area contributed by atoms with Crippen LogP contribution in [0.15, 0.2) is 35.2 Å². The Morgan fingerprint density at radius 3 is 2.64 bits per heavy atom. The maximum absolute atomic E-state index is 12.3. The van der Waals surface area contributed by atoms with Crippen LogP contribution in [0.4, 0.5) is 4.79 Å². The van der Waals surface area contributed by atoms with E-state index in [2.05, 4.69) is 5.32 Å². The van der Waals surface area contributed by atoms with Gasteiger partial charge in [0, 0.05) is 6.04 Å². The quantitative estimate of drug-likeness (QED) is 0.783. The second kappa shape index (κ2) is 7.01. The minimum Gasteiger partial charge on any atom is -0.351 e. The van der Waals surface area contributed by atoms with Crippen LogP contribution in [0.3, 0.4) is 0 Å². The average Bonchev–Trinajstić information content (AvgIpc) is 3.02. The first-order chi connectivity index (χ1) is 11.8. The van der Waals surface area contributed by atoms with Crippen molar-refractivity contribution in [2.24, 2.45) is 0 Å². The van der Waals surface area contributed by atoms with Crippen molar-refractivity contribution in [2.45, 2.75) is 12.5 Å². The fourth-order valence-electron chi connectivity index (χ4n) is 2.66. The smallest absolute Gasteiger partial charge is 0.294 e. The summed E-state index contributed by atoms with van der Waals surface area (Å²) in [5, 5.41) is 2.06. The van der Waals surface area contributed by atoms with Gasteiger partial charge in [0.05, 0.1) is 16.4 Å². The maximum Gasteiger partial charge on any atom is 0.294 e. The first-order valence-electron chi connectivity index (χ1n) is 7.64. The summed E-state index contributed by atoms with van der Waals surface area (Å²) < 4.78 is 22.8. The number of hydrogen-bond donors (Lipinski definition) is 1. The molecule has 0 saturated carbocycles. The number of nitrogens with one attached hydrogen (secondary N) is 1. The SMILES string of the molecule is O=C(CN1C(=O)S/C(=C/c2ccccc2)C1=O)N[C@H]1CCS(=O)(=O)C1. The van der Waals surface area contributed by atoms with Gasteiger partial charge in [-0.3, -0.25) is 19.3 Å². The minimum atomic E-state index is -3.11. The van der Waals surface area contributed by atoms with Gasteiger partial charge in [0.2, 0.25) is 5.91 Å². The molecule has 25 heavy (non-hydrogen) atoms. The second-order valence-corrected chi connectivity index (χ2v) is 9.07. The molecule has 2 aliphatic rings. The van der Waals surface area contributed by atoms with E-state index in [9.17, 15) is 22.8 Å². The van der Waals surface area contributed by atoms with Crippen LogP contribution in [0.2, 0.25) is 0 Å². The molecule has 2 heterocycles. The highest BCUT2D eigenvalue weighted by molar-refractivity contribution is 8.18. The molecular weight excluding hydrogens is 364 g/mol. The average molecular weight is 380 g/mol. The summed E-state index contributed by atoms with van der Waals surface area (Å²) in [6.45, 7) is -0.409. The van der Waals surface area contributed by atoms with E-state index in [0.717, 1.165) is 22.2 Å². The summed E-state index contributed by atoms with van der Waals surface area (Å²) >= 11 is 0.784. The van der Waals surface area contributed by atoms with Gasteiger partial charge in [0.15, 0.2) is 9.84 Å². The molecule has 1 aromatic rings. The number of imide groups is 1. The molecule has 1 N–H and O–H groups in total. The number of thioether (sulfide) groups is 1. The van der Waals surface area contributed by atoms with Crippen LogP contribution in [-0.4, -0.2) is 54.5 Å². The molecule has 3 amide bonds. The lowest BCUT2D eigenvalue weighted by atomic mass is 10.2. The van der Waals surface area contributed by atoms with Crippen LogP contribution in [0.25, 0.3) is 6.08 Å². The van der Waals surface area contributed by atoms with E-state index < -0.39 is 39.5 Å². The lowest BCUT2D eigenvalue weighted by Gasteiger charge is -2.15. The molecule has 0 spiro atoms. The van der Waals surface area contributed by atoms with E-state index in [4.69, 9.17) is 0 Å². The zero-order valence-corrected chi connectivity index (χ0v) is 14.8. The van der Waals surface area contributed by atoms with Gasteiger partial charge in [-0.05, 0) is 29.8 Å². The van der Waals surface area contributed by atoms with Gasteiger partial charge in [-0.25, -0.2) is 8.42 Å². The predicted molar refractivity (Wildman–Crippen MR) is 94.3 cm³/mol. The highest BCUT2D eigenvalue weighted by Crippen LogP contribution is 2.31. The van der Waals surface area contributed by atoms with Gasteiger partial charge in [-0.15, -0.1) is 0 Å².